The fraction of sp³-hybridized carbons (Fsp3) is 0.409. The second kappa shape index (κ2) is 10.0. The Balaban J connectivity index is 1.64. The van der Waals surface area contributed by atoms with Crippen LogP contribution in [-0.2, 0) is 19.5 Å². The van der Waals surface area contributed by atoms with Crippen LogP contribution in [0.1, 0.15) is 31.4 Å². The smallest absolute Gasteiger partial charge is 0.240 e. The molecule has 3 rings (SSSR count). The van der Waals surface area contributed by atoms with E-state index in [9.17, 15) is 8.42 Å². The molecule has 0 saturated heterocycles. The summed E-state index contributed by atoms with van der Waals surface area (Å²) in [6.45, 7) is 2.85. The van der Waals surface area contributed by atoms with Crippen molar-refractivity contribution < 1.29 is 17.9 Å². The topological polar surface area (TPSA) is 77.0 Å². The fourth-order valence-corrected chi connectivity index (χ4v) is 4.52. The van der Waals surface area contributed by atoms with Crippen LogP contribution < -0.4 is 4.72 Å². The summed E-state index contributed by atoms with van der Waals surface area (Å²) in [6.07, 6.45) is 1.25. The molecule has 2 aromatic rings. The highest BCUT2D eigenvalue weighted by Crippen LogP contribution is 2.32. The maximum Gasteiger partial charge on any atom is 0.240 e. The van der Waals surface area contributed by atoms with Crippen LogP contribution in [0.4, 0.5) is 0 Å². The molecule has 1 heterocycles. The van der Waals surface area contributed by atoms with E-state index in [0.717, 1.165) is 12.0 Å². The van der Waals surface area contributed by atoms with Crippen LogP contribution >= 0.6 is 0 Å². The van der Waals surface area contributed by atoms with Gasteiger partial charge in [0.1, 0.15) is 12.1 Å². The lowest BCUT2D eigenvalue weighted by molar-refractivity contribution is 0.116. The number of methoxy groups -OCH3 is 1. The minimum atomic E-state index is -3.51. The van der Waals surface area contributed by atoms with Gasteiger partial charge in [0, 0.05) is 19.6 Å². The third-order valence-electron chi connectivity index (χ3n) is 5.04. The van der Waals surface area contributed by atoms with Gasteiger partial charge >= 0.3 is 0 Å². The molecular weight excluding hydrogens is 388 g/mol. The lowest BCUT2D eigenvalue weighted by atomic mass is 10.0. The van der Waals surface area contributed by atoms with Gasteiger partial charge in [-0.25, -0.2) is 18.1 Å². The number of hydrogen-bond acceptors (Lipinski definition) is 5. The van der Waals surface area contributed by atoms with Crippen molar-refractivity contribution in [2.75, 3.05) is 20.3 Å². The second-order valence-corrected chi connectivity index (χ2v) is 8.81. The molecule has 1 aliphatic heterocycles. The highest BCUT2D eigenvalue weighted by molar-refractivity contribution is 7.89. The molecule has 1 aliphatic rings. The molecule has 0 spiro atoms. The first kappa shape index (κ1) is 21.5. The number of nitrogens with one attached hydrogen (secondary N) is 1. The Kier molecular flexibility index (Phi) is 7.41. The van der Waals surface area contributed by atoms with E-state index in [2.05, 4.69) is 11.6 Å². The van der Waals surface area contributed by atoms with Gasteiger partial charge in [-0.2, -0.15) is 0 Å². The van der Waals surface area contributed by atoms with Gasteiger partial charge in [-0.1, -0.05) is 55.5 Å². The first-order valence-electron chi connectivity index (χ1n) is 9.88. The van der Waals surface area contributed by atoms with Crippen LogP contribution in [0.15, 0.2) is 70.6 Å². The standard InChI is InChI=1S/C22H28N2O4S/c1-3-17(14-15-23-29(25,26)19-12-8-5-9-13-19)22-24-20(16-27-2)21(28-22)18-10-6-4-7-11-18/h4-13,17,20-21,23H,3,14-16H2,1-2H3/t17-,20+,21+/m1/s1. The molecule has 2 aromatic carbocycles. The number of hydrogen-bond donors (Lipinski definition) is 1. The molecule has 0 aliphatic carbocycles. The zero-order chi connectivity index (χ0) is 20.7. The van der Waals surface area contributed by atoms with Crippen molar-refractivity contribution in [2.24, 2.45) is 10.9 Å². The Morgan fingerprint density at radius 2 is 1.76 bits per heavy atom. The quantitative estimate of drug-likeness (QED) is 0.642. The predicted molar refractivity (Wildman–Crippen MR) is 113 cm³/mol. The molecule has 3 atom stereocenters. The van der Waals surface area contributed by atoms with Gasteiger partial charge < -0.3 is 9.47 Å². The second-order valence-electron chi connectivity index (χ2n) is 7.04. The number of nitrogens with zero attached hydrogens (tertiary/aromatic N) is 1. The molecule has 1 N–H and O–H groups in total. The molecule has 0 saturated carbocycles. The van der Waals surface area contributed by atoms with Crippen LogP contribution in [-0.4, -0.2) is 40.6 Å². The van der Waals surface area contributed by atoms with E-state index < -0.39 is 10.0 Å². The van der Waals surface area contributed by atoms with E-state index in [1.54, 1.807) is 37.4 Å². The summed E-state index contributed by atoms with van der Waals surface area (Å²) in [7, 11) is -1.85. The van der Waals surface area contributed by atoms with Crippen LogP contribution in [0.3, 0.4) is 0 Å². The summed E-state index contributed by atoms with van der Waals surface area (Å²) < 4.78 is 39.1. The van der Waals surface area contributed by atoms with Crippen molar-refractivity contribution in [2.45, 2.75) is 36.8 Å². The van der Waals surface area contributed by atoms with E-state index in [4.69, 9.17) is 14.5 Å². The molecule has 0 aromatic heterocycles. The molecular formula is C22H28N2O4S. The fourth-order valence-electron chi connectivity index (χ4n) is 3.45. The Hall–Kier alpha value is -2.22. The van der Waals surface area contributed by atoms with Gasteiger partial charge in [0.2, 0.25) is 10.0 Å². The Labute approximate surface area is 173 Å². The van der Waals surface area contributed by atoms with Crippen LogP contribution in [0.5, 0.6) is 0 Å². The molecule has 7 heteroatoms. The zero-order valence-electron chi connectivity index (χ0n) is 16.8. The minimum Gasteiger partial charge on any atom is -0.470 e. The molecule has 0 radical (unpaired) electrons. The van der Waals surface area contributed by atoms with Crippen molar-refractivity contribution in [3.8, 4) is 0 Å². The number of rotatable bonds is 10. The molecule has 0 fully saturated rings. The summed E-state index contributed by atoms with van der Waals surface area (Å²) in [4.78, 5) is 5.04. The summed E-state index contributed by atoms with van der Waals surface area (Å²) >= 11 is 0. The van der Waals surface area contributed by atoms with E-state index in [1.807, 2.05) is 30.3 Å². The minimum absolute atomic E-state index is 0.0431. The van der Waals surface area contributed by atoms with Gasteiger partial charge in [-0.15, -0.1) is 0 Å². The van der Waals surface area contributed by atoms with Crippen LogP contribution in [0.2, 0.25) is 0 Å². The van der Waals surface area contributed by atoms with E-state index in [-0.39, 0.29) is 23.0 Å². The first-order chi connectivity index (χ1) is 14.0. The SMILES string of the molecule is CC[C@H](CCNS(=O)(=O)c1ccccc1)C1=N[C@@H](COC)[C@H](c2ccccc2)O1. The van der Waals surface area contributed by atoms with Crippen molar-refractivity contribution in [3.05, 3.63) is 66.2 Å². The first-order valence-corrected chi connectivity index (χ1v) is 11.4. The van der Waals surface area contributed by atoms with Gasteiger partial charge in [0.25, 0.3) is 0 Å². The van der Waals surface area contributed by atoms with E-state index in [0.29, 0.717) is 25.5 Å². The van der Waals surface area contributed by atoms with Crippen LogP contribution in [0.25, 0.3) is 0 Å². The monoisotopic (exact) mass is 416 g/mol. The van der Waals surface area contributed by atoms with Gasteiger partial charge in [-0.05, 0) is 30.5 Å². The zero-order valence-corrected chi connectivity index (χ0v) is 17.6. The molecule has 156 valence electrons. The van der Waals surface area contributed by atoms with E-state index in [1.165, 1.54) is 0 Å². The number of benzene rings is 2. The average molecular weight is 417 g/mol. The van der Waals surface area contributed by atoms with Gasteiger partial charge in [0.05, 0.1) is 11.5 Å². The Morgan fingerprint density at radius 3 is 2.38 bits per heavy atom. The molecule has 0 unspecified atom stereocenters. The highest BCUT2D eigenvalue weighted by Gasteiger charge is 2.35. The highest BCUT2D eigenvalue weighted by atomic mass is 32.2. The van der Waals surface area contributed by atoms with E-state index >= 15 is 0 Å². The van der Waals surface area contributed by atoms with Crippen molar-refractivity contribution in [1.82, 2.24) is 4.72 Å². The average Bonchev–Trinajstić information content (AvgIpc) is 3.16. The maximum absolute atomic E-state index is 12.4. The number of sulfonamides is 1. The molecule has 0 bridgehead atoms. The number of ether oxygens (including phenoxy) is 2. The van der Waals surface area contributed by atoms with Crippen molar-refractivity contribution in [3.63, 3.8) is 0 Å². The molecule has 6 nitrogen and oxygen atoms in total. The summed E-state index contributed by atoms with van der Waals surface area (Å²) in [5.41, 5.74) is 1.06. The summed E-state index contributed by atoms with van der Waals surface area (Å²) in [6, 6.07) is 18.3. The number of aliphatic imine (C=N–C) groups is 1. The third-order valence-corrected chi connectivity index (χ3v) is 6.51. The van der Waals surface area contributed by atoms with Crippen molar-refractivity contribution in [1.29, 1.82) is 0 Å². The summed E-state index contributed by atoms with van der Waals surface area (Å²) in [5, 5.41) is 0. The molecule has 0 amide bonds. The third kappa shape index (κ3) is 5.44. The molecule has 29 heavy (non-hydrogen) atoms. The lowest BCUT2D eigenvalue weighted by Gasteiger charge is -2.20. The lowest BCUT2D eigenvalue weighted by Crippen LogP contribution is -2.28. The van der Waals surface area contributed by atoms with Gasteiger partial charge in [-0.3, -0.25) is 0 Å². The summed E-state index contributed by atoms with van der Waals surface area (Å²) in [5.74, 6) is 0.726. The Morgan fingerprint density at radius 1 is 1.10 bits per heavy atom. The largest absolute Gasteiger partial charge is 0.470 e. The normalized spacial score (nSPS) is 20.1. The van der Waals surface area contributed by atoms with Crippen LogP contribution in [0, 0.1) is 5.92 Å². The maximum atomic E-state index is 12.4. The Bertz CT molecular complexity index is 901. The predicted octanol–water partition coefficient (Wildman–Crippen LogP) is 3.57. The van der Waals surface area contributed by atoms with Gasteiger partial charge in [0.15, 0.2) is 5.90 Å². The van der Waals surface area contributed by atoms with Crippen molar-refractivity contribution >= 4 is 15.9 Å².